The highest BCUT2D eigenvalue weighted by Crippen LogP contribution is 2.31. The summed E-state index contributed by atoms with van der Waals surface area (Å²) >= 11 is 0. The van der Waals surface area contributed by atoms with E-state index in [1.165, 1.54) is 12.8 Å². The number of amides is 1. The van der Waals surface area contributed by atoms with Crippen LogP contribution in [0.15, 0.2) is 12.1 Å². The molecule has 1 amide bonds. The van der Waals surface area contributed by atoms with Crippen LogP contribution in [-0.4, -0.2) is 26.2 Å². The van der Waals surface area contributed by atoms with E-state index in [0.29, 0.717) is 28.9 Å². The third kappa shape index (κ3) is 3.37. The number of benzene rings is 1. The normalized spacial score (nSPS) is 24.7. The molecule has 1 aromatic rings. The number of methoxy groups -OCH3 is 2. The maximum absolute atomic E-state index is 12.6. The fourth-order valence-electron chi connectivity index (χ4n) is 3.25. The molecule has 3 atom stereocenters. The summed E-state index contributed by atoms with van der Waals surface area (Å²) in [6.07, 6.45) is 3.48. The first kappa shape index (κ1) is 16.7. The number of carbonyl (C=O) groups is 1. The molecule has 22 heavy (non-hydrogen) atoms. The Labute approximate surface area is 133 Å². The first-order valence-electron chi connectivity index (χ1n) is 8.01. The van der Waals surface area contributed by atoms with E-state index in [4.69, 9.17) is 9.47 Å². The number of hydrogen-bond donors (Lipinski definition) is 1. The van der Waals surface area contributed by atoms with Gasteiger partial charge in [0.2, 0.25) is 0 Å². The molecule has 1 saturated carbocycles. The molecule has 4 heteroatoms. The van der Waals surface area contributed by atoms with Crippen LogP contribution in [0.4, 0.5) is 0 Å². The molecule has 1 aromatic carbocycles. The second-order valence-electron chi connectivity index (χ2n) is 6.35. The zero-order valence-corrected chi connectivity index (χ0v) is 14.2. The van der Waals surface area contributed by atoms with E-state index in [2.05, 4.69) is 19.2 Å². The summed E-state index contributed by atoms with van der Waals surface area (Å²) in [4.78, 5) is 12.6. The van der Waals surface area contributed by atoms with Gasteiger partial charge in [0.25, 0.3) is 5.91 Å². The van der Waals surface area contributed by atoms with Gasteiger partial charge in [-0.05, 0) is 37.3 Å². The molecule has 0 aliphatic heterocycles. The van der Waals surface area contributed by atoms with Crippen LogP contribution in [0.25, 0.3) is 0 Å². The highest BCUT2D eigenvalue weighted by Gasteiger charge is 2.28. The fourth-order valence-corrected chi connectivity index (χ4v) is 3.25. The lowest BCUT2D eigenvalue weighted by molar-refractivity contribution is 0.0890. The third-order valence-electron chi connectivity index (χ3n) is 5.04. The van der Waals surface area contributed by atoms with Crippen molar-refractivity contribution in [2.75, 3.05) is 14.2 Å². The minimum atomic E-state index is -0.0532. The summed E-state index contributed by atoms with van der Waals surface area (Å²) in [5.41, 5.74) is 1.49. The summed E-state index contributed by atoms with van der Waals surface area (Å²) in [7, 11) is 3.21. The zero-order chi connectivity index (χ0) is 16.3. The molecular weight excluding hydrogens is 278 g/mol. The molecule has 0 spiro atoms. The predicted octanol–water partition coefficient (Wildman–Crippen LogP) is 3.57. The minimum Gasteiger partial charge on any atom is -0.496 e. The molecular formula is C18H27NO3. The lowest BCUT2D eigenvalue weighted by atomic mass is 9.78. The van der Waals surface area contributed by atoms with Crippen LogP contribution in [0.2, 0.25) is 0 Å². The van der Waals surface area contributed by atoms with Gasteiger partial charge < -0.3 is 14.8 Å². The quantitative estimate of drug-likeness (QED) is 0.925. The summed E-state index contributed by atoms with van der Waals surface area (Å²) < 4.78 is 10.7. The van der Waals surface area contributed by atoms with Crippen molar-refractivity contribution >= 4 is 5.91 Å². The number of nitrogens with one attached hydrogen (secondary N) is 1. The first-order valence-corrected chi connectivity index (χ1v) is 8.01. The van der Waals surface area contributed by atoms with Crippen molar-refractivity contribution in [1.82, 2.24) is 5.32 Å². The molecule has 3 unspecified atom stereocenters. The summed E-state index contributed by atoms with van der Waals surface area (Å²) in [5.74, 6) is 2.46. The van der Waals surface area contributed by atoms with E-state index in [1.807, 2.05) is 6.92 Å². The number of carbonyl (C=O) groups excluding carboxylic acids is 1. The molecule has 0 bridgehead atoms. The van der Waals surface area contributed by atoms with Gasteiger partial charge in [-0.15, -0.1) is 0 Å². The van der Waals surface area contributed by atoms with E-state index in [1.54, 1.807) is 26.4 Å². The van der Waals surface area contributed by atoms with Crippen molar-refractivity contribution in [2.45, 2.75) is 46.1 Å². The first-order chi connectivity index (χ1) is 10.5. The predicted molar refractivity (Wildman–Crippen MR) is 87.7 cm³/mol. The molecule has 1 aliphatic carbocycles. The Morgan fingerprint density at radius 2 is 1.73 bits per heavy atom. The second kappa shape index (κ2) is 7.03. The summed E-state index contributed by atoms with van der Waals surface area (Å²) in [5, 5.41) is 3.19. The molecule has 1 fully saturated rings. The Morgan fingerprint density at radius 3 is 2.27 bits per heavy atom. The van der Waals surface area contributed by atoms with E-state index >= 15 is 0 Å². The molecule has 0 heterocycles. The van der Waals surface area contributed by atoms with Crippen LogP contribution in [0.3, 0.4) is 0 Å². The molecule has 0 saturated heterocycles. The van der Waals surface area contributed by atoms with Gasteiger partial charge in [0.05, 0.1) is 14.2 Å². The van der Waals surface area contributed by atoms with Gasteiger partial charge in [0.15, 0.2) is 0 Å². The van der Waals surface area contributed by atoms with Gasteiger partial charge in [-0.1, -0.05) is 26.7 Å². The standard InChI is InChI=1S/C18H27NO3/c1-11-7-6-8-15(12(11)2)19-18(20)14-9-16(21-4)13(3)17(10-14)22-5/h9-12,15H,6-8H2,1-5H3,(H,19,20). The topological polar surface area (TPSA) is 47.6 Å². The van der Waals surface area contributed by atoms with Crippen LogP contribution >= 0.6 is 0 Å². The van der Waals surface area contributed by atoms with Crippen LogP contribution in [0.5, 0.6) is 11.5 Å². The van der Waals surface area contributed by atoms with Crippen molar-refractivity contribution in [3.8, 4) is 11.5 Å². The van der Waals surface area contributed by atoms with Gasteiger partial charge in [-0.2, -0.15) is 0 Å². The molecule has 4 nitrogen and oxygen atoms in total. The second-order valence-corrected chi connectivity index (χ2v) is 6.35. The van der Waals surface area contributed by atoms with Crippen LogP contribution in [0.1, 0.15) is 49.0 Å². The van der Waals surface area contributed by atoms with E-state index in [0.717, 1.165) is 12.0 Å². The van der Waals surface area contributed by atoms with Crippen molar-refractivity contribution < 1.29 is 14.3 Å². The summed E-state index contributed by atoms with van der Waals surface area (Å²) in [6.45, 7) is 6.41. The van der Waals surface area contributed by atoms with Gasteiger partial charge in [0.1, 0.15) is 11.5 Å². The van der Waals surface area contributed by atoms with Gasteiger partial charge in [-0.3, -0.25) is 4.79 Å². The Kier molecular flexibility index (Phi) is 5.33. The highest BCUT2D eigenvalue weighted by molar-refractivity contribution is 5.95. The third-order valence-corrected chi connectivity index (χ3v) is 5.04. The molecule has 0 aromatic heterocycles. The maximum Gasteiger partial charge on any atom is 0.251 e. The largest absolute Gasteiger partial charge is 0.496 e. The summed E-state index contributed by atoms with van der Waals surface area (Å²) in [6, 6.07) is 3.81. The average molecular weight is 305 g/mol. The molecule has 2 rings (SSSR count). The van der Waals surface area contributed by atoms with Crippen LogP contribution in [0, 0.1) is 18.8 Å². The van der Waals surface area contributed by atoms with Crippen LogP contribution < -0.4 is 14.8 Å². The molecule has 1 aliphatic rings. The lowest BCUT2D eigenvalue weighted by Crippen LogP contribution is -2.43. The Morgan fingerprint density at radius 1 is 1.14 bits per heavy atom. The minimum absolute atomic E-state index is 0.0532. The van der Waals surface area contributed by atoms with E-state index in [-0.39, 0.29) is 11.9 Å². The number of rotatable bonds is 4. The van der Waals surface area contributed by atoms with Gasteiger partial charge in [0, 0.05) is 17.2 Å². The Balaban J connectivity index is 2.19. The Bertz CT molecular complexity index is 516. The highest BCUT2D eigenvalue weighted by atomic mass is 16.5. The van der Waals surface area contributed by atoms with E-state index < -0.39 is 0 Å². The fraction of sp³-hybridized carbons (Fsp3) is 0.611. The maximum atomic E-state index is 12.6. The zero-order valence-electron chi connectivity index (χ0n) is 14.2. The molecule has 122 valence electrons. The number of hydrogen-bond acceptors (Lipinski definition) is 3. The SMILES string of the molecule is COc1cc(C(=O)NC2CCCC(C)C2C)cc(OC)c1C. The smallest absolute Gasteiger partial charge is 0.251 e. The van der Waals surface area contributed by atoms with Gasteiger partial charge >= 0.3 is 0 Å². The lowest BCUT2D eigenvalue weighted by Gasteiger charge is -2.34. The van der Waals surface area contributed by atoms with Gasteiger partial charge in [-0.25, -0.2) is 0 Å². The van der Waals surface area contributed by atoms with Crippen molar-refractivity contribution in [3.63, 3.8) is 0 Å². The Hall–Kier alpha value is -1.71. The molecule has 1 N–H and O–H groups in total. The van der Waals surface area contributed by atoms with Crippen molar-refractivity contribution in [1.29, 1.82) is 0 Å². The van der Waals surface area contributed by atoms with Crippen molar-refractivity contribution in [2.24, 2.45) is 11.8 Å². The van der Waals surface area contributed by atoms with Crippen molar-refractivity contribution in [3.05, 3.63) is 23.3 Å². The molecule has 0 radical (unpaired) electrons. The average Bonchev–Trinajstić information content (AvgIpc) is 2.52. The van der Waals surface area contributed by atoms with Crippen LogP contribution in [-0.2, 0) is 0 Å². The monoisotopic (exact) mass is 305 g/mol. The number of ether oxygens (including phenoxy) is 2. The van der Waals surface area contributed by atoms with E-state index in [9.17, 15) is 4.79 Å².